The molecule has 3 rings (SSSR count). The van der Waals surface area contributed by atoms with Crippen LogP contribution in [0.5, 0.6) is 5.75 Å². The molecule has 1 aliphatic rings. The summed E-state index contributed by atoms with van der Waals surface area (Å²) in [6.45, 7) is 2.30. The van der Waals surface area contributed by atoms with Crippen LogP contribution in [0.15, 0.2) is 36.5 Å². The molecule has 0 unspecified atom stereocenters. The number of hydrogen-bond donors (Lipinski definition) is 3. The Morgan fingerprint density at radius 2 is 2.08 bits per heavy atom. The first-order valence-electron chi connectivity index (χ1n) is 8.13. The van der Waals surface area contributed by atoms with Crippen LogP contribution in [0.25, 0.3) is 0 Å². The highest BCUT2D eigenvalue weighted by Gasteiger charge is 2.15. The number of amides is 2. The fraction of sp³-hybridized carbons (Fsp3) is 0.412. The smallest absolute Gasteiger partial charge is 0.315 e. The van der Waals surface area contributed by atoms with Crippen molar-refractivity contribution in [1.82, 2.24) is 20.8 Å². The van der Waals surface area contributed by atoms with E-state index in [9.17, 15) is 4.79 Å². The molecule has 0 bridgehead atoms. The molecule has 2 aromatic rings. The molecule has 7 nitrogen and oxygen atoms in total. The number of aromatic amines is 1. The van der Waals surface area contributed by atoms with Crippen molar-refractivity contribution >= 4 is 6.03 Å². The molecular weight excluding hydrogens is 308 g/mol. The lowest BCUT2D eigenvalue weighted by atomic mass is 10.2. The Bertz CT molecular complexity index is 622. The average Bonchev–Trinajstić information content (AvgIpc) is 3.30. The minimum absolute atomic E-state index is 0.213. The highest BCUT2D eigenvalue weighted by molar-refractivity contribution is 5.73. The highest BCUT2D eigenvalue weighted by atomic mass is 16.5. The van der Waals surface area contributed by atoms with E-state index >= 15 is 0 Å². The lowest BCUT2D eigenvalue weighted by molar-refractivity contribution is 0.0679. The van der Waals surface area contributed by atoms with E-state index in [1.165, 1.54) is 0 Å². The van der Waals surface area contributed by atoms with E-state index in [1.807, 2.05) is 30.3 Å². The molecule has 128 valence electrons. The Labute approximate surface area is 140 Å². The van der Waals surface area contributed by atoms with Crippen LogP contribution in [0.3, 0.4) is 0 Å². The van der Waals surface area contributed by atoms with Gasteiger partial charge in [-0.25, -0.2) is 4.79 Å². The maximum absolute atomic E-state index is 11.7. The zero-order chi connectivity index (χ0) is 16.6. The molecule has 7 heteroatoms. The lowest BCUT2D eigenvalue weighted by Gasteiger charge is -2.12. The molecular formula is C17H22N4O3. The van der Waals surface area contributed by atoms with Crippen molar-refractivity contribution in [1.29, 1.82) is 0 Å². The third-order valence-electron chi connectivity index (χ3n) is 3.83. The van der Waals surface area contributed by atoms with E-state index in [1.54, 1.807) is 6.20 Å². The summed E-state index contributed by atoms with van der Waals surface area (Å²) >= 11 is 0. The molecule has 0 spiro atoms. The van der Waals surface area contributed by atoms with Crippen molar-refractivity contribution in [3.05, 3.63) is 47.8 Å². The molecule has 2 heterocycles. The summed E-state index contributed by atoms with van der Waals surface area (Å²) in [5.41, 5.74) is 1.87. The first-order valence-corrected chi connectivity index (χ1v) is 8.13. The molecule has 2 amide bonds. The van der Waals surface area contributed by atoms with Gasteiger partial charge in [0.2, 0.25) is 0 Å². The van der Waals surface area contributed by atoms with Gasteiger partial charge in [0.25, 0.3) is 0 Å². The number of nitrogens with zero attached hydrogens (tertiary/aromatic N) is 1. The standard InChI is InChI=1S/C17H22N4O3/c22-17(19-11-14-7-8-20-21-14)18-10-13-3-5-15(6-4-13)24-12-16-2-1-9-23-16/h3-8,16H,1-2,9-12H2,(H,20,21)(H2,18,19,22)/t16-/m1/s1. The van der Waals surface area contributed by atoms with Crippen molar-refractivity contribution < 1.29 is 14.3 Å². The van der Waals surface area contributed by atoms with Crippen molar-refractivity contribution in [3.8, 4) is 5.75 Å². The highest BCUT2D eigenvalue weighted by Crippen LogP contribution is 2.16. The number of carbonyl (C=O) groups excluding carboxylic acids is 1. The lowest BCUT2D eigenvalue weighted by Crippen LogP contribution is -2.34. The first kappa shape index (κ1) is 16.3. The van der Waals surface area contributed by atoms with Gasteiger partial charge in [0.15, 0.2) is 0 Å². The molecule has 1 aromatic heterocycles. The maximum atomic E-state index is 11.7. The van der Waals surface area contributed by atoms with E-state index < -0.39 is 0 Å². The number of carbonyl (C=O) groups is 1. The van der Waals surface area contributed by atoms with Gasteiger partial charge in [0, 0.05) is 19.3 Å². The predicted molar refractivity (Wildman–Crippen MR) is 88.6 cm³/mol. The van der Waals surface area contributed by atoms with Gasteiger partial charge in [0.1, 0.15) is 12.4 Å². The van der Waals surface area contributed by atoms with Crippen molar-refractivity contribution in [3.63, 3.8) is 0 Å². The average molecular weight is 330 g/mol. The summed E-state index contributed by atoms with van der Waals surface area (Å²) in [7, 11) is 0. The monoisotopic (exact) mass is 330 g/mol. The largest absolute Gasteiger partial charge is 0.491 e. The van der Waals surface area contributed by atoms with Crippen molar-refractivity contribution in [2.24, 2.45) is 0 Å². The molecule has 1 saturated heterocycles. The number of hydrogen-bond acceptors (Lipinski definition) is 4. The van der Waals surface area contributed by atoms with Crippen LogP contribution in [0.1, 0.15) is 24.1 Å². The molecule has 0 radical (unpaired) electrons. The summed E-state index contributed by atoms with van der Waals surface area (Å²) in [4.78, 5) is 11.7. The summed E-state index contributed by atoms with van der Waals surface area (Å²) in [6, 6.07) is 9.31. The van der Waals surface area contributed by atoms with Crippen LogP contribution >= 0.6 is 0 Å². The predicted octanol–water partition coefficient (Wildman–Crippen LogP) is 1.97. The van der Waals surface area contributed by atoms with Gasteiger partial charge >= 0.3 is 6.03 Å². The molecule has 1 atom stereocenters. The Morgan fingerprint density at radius 3 is 2.79 bits per heavy atom. The summed E-state index contributed by atoms with van der Waals surface area (Å²) < 4.78 is 11.2. The number of H-pyrrole nitrogens is 1. The quantitative estimate of drug-likeness (QED) is 0.724. The van der Waals surface area contributed by atoms with E-state index in [-0.39, 0.29) is 12.1 Å². The molecule has 1 fully saturated rings. The molecule has 3 N–H and O–H groups in total. The van der Waals surface area contributed by atoms with Crippen LogP contribution in [-0.2, 0) is 17.8 Å². The maximum Gasteiger partial charge on any atom is 0.315 e. The minimum Gasteiger partial charge on any atom is -0.491 e. The van der Waals surface area contributed by atoms with E-state index in [0.29, 0.717) is 19.7 Å². The van der Waals surface area contributed by atoms with E-state index in [4.69, 9.17) is 9.47 Å². The SMILES string of the molecule is O=C(NCc1ccc(OC[C@H]2CCCO2)cc1)NCc1ccn[nH]1. The zero-order valence-electron chi connectivity index (χ0n) is 13.5. The van der Waals surface area contributed by atoms with Gasteiger partial charge in [-0.3, -0.25) is 5.10 Å². The van der Waals surface area contributed by atoms with Crippen LogP contribution in [0.2, 0.25) is 0 Å². The van der Waals surface area contributed by atoms with Crippen LogP contribution in [0, 0.1) is 0 Å². The zero-order valence-corrected chi connectivity index (χ0v) is 13.5. The second-order valence-electron chi connectivity index (χ2n) is 5.71. The minimum atomic E-state index is -0.219. The first-order chi connectivity index (χ1) is 11.8. The van der Waals surface area contributed by atoms with Crippen LogP contribution < -0.4 is 15.4 Å². The molecule has 0 aliphatic carbocycles. The van der Waals surface area contributed by atoms with Crippen LogP contribution in [-0.4, -0.2) is 35.5 Å². The van der Waals surface area contributed by atoms with Crippen molar-refractivity contribution in [2.45, 2.75) is 32.0 Å². The number of aromatic nitrogens is 2. The normalized spacial score (nSPS) is 16.8. The Morgan fingerprint density at radius 1 is 1.25 bits per heavy atom. The van der Waals surface area contributed by atoms with Gasteiger partial charge in [-0.1, -0.05) is 12.1 Å². The second kappa shape index (κ2) is 8.35. The van der Waals surface area contributed by atoms with Gasteiger partial charge in [-0.05, 0) is 36.6 Å². The summed E-state index contributed by atoms with van der Waals surface area (Å²) in [6.07, 6.45) is 4.04. The third kappa shape index (κ3) is 4.99. The molecule has 0 saturated carbocycles. The summed E-state index contributed by atoms with van der Waals surface area (Å²) in [5, 5.41) is 12.2. The number of benzene rings is 1. The number of urea groups is 1. The molecule has 1 aromatic carbocycles. The Balaban J connectivity index is 1.36. The number of ether oxygens (including phenoxy) is 2. The molecule has 24 heavy (non-hydrogen) atoms. The van der Waals surface area contributed by atoms with E-state index in [2.05, 4.69) is 20.8 Å². The van der Waals surface area contributed by atoms with Gasteiger partial charge in [-0.15, -0.1) is 0 Å². The Hall–Kier alpha value is -2.54. The van der Waals surface area contributed by atoms with Gasteiger partial charge in [-0.2, -0.15) is 5.10 Å². The van der Waals surface area contributed by atoms with Crippen molar-refractivity contribution in [2.75, 3.05) is 13.2 Å². The third-order valence-corrected chi connectivity index (χ3v) is 3.83. The fourth-order valence-electron chi connectivity index (χ4n) is 2.47. The number of rotatable bonds is 7. The van der Waals surface area contributed by atoms with Gasteiger partial charge in [0.05, 0.1) is 18.3 Å². The molecule has 1 aliphatic heterocycles. The summed E-state index contributed by atoms with van der Waals surface area (Å²) in [5.74, 6) is 0.818. The van der Waals surface area contributed by atoms with Gasteiger partial charge < -0.3 is 20.1 Å². The second-order valence-corrected chi connectivity index (χ2v) is 5.71. The topological polar surface area (TPSA) is 88.3 Å². The van der Waals surface area contributed by atoms with Crippen LogP contribution in [0.4, 0.5) is 4.79 Å². The Kier molecular flexibility index (Phi) is 5.68. The fourth-order valence-corrected chi connectivity index (χ4v) is 2.47. The number of nitrogens with one attached hydrogen (secondary N) is 3. The van der Waals surface area contributed by atoms with E-state index in [0.717, 1.165) is 36.5 Å².